The molecular weight excluding hydrogens is 626 g/mol. The Labute approximate surface area is 243 Å². The number of carbonyl (C=O) groups excluding carboxylic acids is 2. The number of fused-ring (bicyclic) bond motifs is 4. The number of ether oxygens (including phenoxy) is 1. The van der Waals surface area contributed by atoms with E-state index in [2.05, 4.69) is 36.5 Å². The zero-order chi connectivity index (χ0) is 30.5. The van der Waals surface area contributed by atoms with E-state index >= 15 is 0 Å². The molecule has 2 aliphatic heterocycles. The largest absolute Gasteiger partial charge is 0.456 e. The van der Waals surface area contributed by atoms with Crippen molar-refractivity contribution in [1.82, 2.24) is 9.97 Å². The molecule has 10 N–H and O–H groups in total. The molecule has 16 nitrogen and oxygen atoms in total. The van der Waals surface area contributed by atoms with Gasteiger partial charge in [-0.15, -0.1) is 0 Å². The number of aliphatic hydroxyl groups is 6. The number of carbonyl (C=O) groups is 2. The van der Waals surface area contributed by atoms with Crippen LogP contribution >= 0.6 is 15.9 Å². The summed E-state index contributed by atoms with van der Waals surface area (Å²) in [4.78, 5) is 61.5. The van der Waals surface area contributed by atoms with Crippen molar-refractivity contribution >= 4 is 50.7 Å². The average molecular weight is 652 g/mol. The zero-order valence-corrected chi connectivity index (χ0v) is 23.2. The second kappa shape index (κ2) is 9.53. The number of hydrogen-bond donors (Lipinski definition) is 10. The molecule has 0 radical (unpaired) electrons. The van der Waals surface area contributed by atoms with E-state index in [0.717, 1.165) is 0 Å². The lowest BCUT2D eigenvalue weighted by Crippen LogP contribution is -2.65. The third-order valence-corrected chi connectivity index (χ3v) is 9.22. The maximum Gasteiger partial charge on any atom is 0.327 e. The molecule has 0 bridgehead atoms. The van der Waals surface area contributed by atoms with Crippen molar-refractivity contribution in [2.75, 3.05) is 17.2 Å². The van der Waals surface area contributed by atoms with Gasteiger partial charge in [0.1, 0.15) is 47.4 Å². The van der Waals surface area contributed by atoms with Crippen molar-refractivity contribution in [1.29, 1.82) is 0 Å². The Morgan fingerprint density at radius 1 is 1.02 bits per heavy atom. The normalized spacial score (nSPS) is 38.5. The summed E-state index contributed by atoms with van der Waals surface area (Å²) in [5.74, 6) is -4.95. The van der Waals surface area contributed by atoms with Crippen LogP contribution in [0.5, 0.6) is 0 Å². The third-order valence-electron chi connectivity index (χ3n) is 8.73. The number of rotatable bonds is 2. The van der Waals surface area contributed by atoms with Gasteiger partial charge in [0.05, 0.1) is 11.6 Å². The van der Waals surface area contributed by atoms with Gasteiger partial charge in [-0.3, -0.25) is 24.4 Å². The minimum atomic E-state index is -2.27. The molecule has 2 fully saturated rings. The van der Waals surface area contributed by atoms with Crippen molar-refractivity contribution in [3.8, 4) is 0 Å². The Kier molecular flexibility index (Phi) is 6.50. The van der Waals surface area contributed by atoms with Crippen LogP contribution in [-0.4, -0.2) is 107 Å². The minimum Gasteiger partial charge on any atom is -0.456 e. The van der Waals surface area contributed by atoms with Crippen molar-refractivity contribution in [2.45, 2.75) is 54.6 Å². The van der Waals surface area contributed by atoms with E-state index in [1.165, 1.54) is 13.0 Å². The number of anilines is 2. The van der Waals surface area contributed by atoms with Gasteiger partial charge in [-0.1, -0.05) is 22.0 Å². The summed E-state index contributed by atoms with van der Waals surface area (Å²) in [6.07, 6.45) is -12.0. The van der Waals surface area contributed by atoms with Gasteiger partial charge in [0.25, 0.3) is 5.56 Å². The van der Waals surface area contributed by atoms with E-state index in [-0.39, 0.29) is 35.0 Å². The molecule has 2 saturated carbocycles. The highest BCUT2D eigenvalue weighted by Gasteiger charge is 2.75. The van der Waals surface area contributed by atoms with Gasteiger partial charge in [-0.2, -0.15) is 0 Å². The molecule has 2 aliphatic carbocycles. The van der Waals surface area contributed by atoms with Crippen molar-refractivity contribution in [3.63, 3.8) is 0 Å². The lowest BCUT2D eigenvalue weighted by molar-refractivity contribution is -0.236. The van der Waals surface area contributed by atoms with E-state index in [1.807, 2.05) is 4.98 Å². The Bertz CT molecular complexity index is 1640. The summed E-state index contributed by atoms with van der Waals surface area (Å²) >= 11 is 3.32. The fourth-order valence-corrected chi connectivity index (χ4v) is 7.12. The highest BCUT2D eigenvalue weighted by molar-refractivity contribution is 9.10. The van der Waals surface area contributed by atoms with Crippen LogP contribution in [0, 0.1) is 11.8 Å². The fraction of sp³-hybridized carbons (Fsp3) is 0.480. The number of aliphatic hydroxyl groups excluding tert-OH is 5. The number of esters is 1. The van der Waals surface area contributed by atoms with Gasteiger partial charge in [0.2, 0.25) is 5.91 Å². The van der Waals surface area contributed by atoms with Gasteiger partial charge >= 0.3 is 11.7 Å². The van der Waals surface area contributed by atoms with E-state index in [4.69, 9.17) is 4.74 Å². The van der Waals surface area contributed by atoms with E-state index < -0.39 is 82.6 Å². The Morgan fingerprint density at radius 3 is 2.33 bits per heavy atom. The maximum absolute atomic E-state index is 14.2. The van der Waals surface area contributed by atoms with E-state index in [0.29, 0.717) is 4.47 Å². The number of nitrogens with zero attached hydrogens (tertiary/aromatic N) is 1. The molecule has 10 atom stereocenters. The topological polar surface area (TPSA) is 267 Å². The van der Waals surface area contributed by atoms with E-state index in [9.17, 15) is 49.8 Å². The molecule has 224 valence electrons. The molecule has 1 aromatic heterocycles. The number of halogens is 1. The summed E-state index contributed by atoms with van der Waals surface area (Å²) in [6.45, 7) is 1.00. The molecule has 4 aliphatic rings. The molecule has 1 amide bonds. The lowest BCUT2D eigenvalue weighted by Gasteiger charge is -2.42. The first-order chi connectivity index (χ1) is 19.7. The van der Waals surface area contributed by atoms with Crippen molar-refractivity contribution < 1.29 is 45.0 Å². The predicted molar refractivity (Wildman–Crippen MR) is 145 cm³/mol. The molecule has 0 saturated heterocycles. The molecule has 2 aromatic rings. The second-order valence-electron chi connectivity index (χ2n) is 11.0. The monoisotopic (exact) mass is 651 g/mol. The number of nitrogens with one attached hydrogen (secondary N) is 4. The van der Waals surface area contributed by atoms with Crippen molar-refractivity contribution in [2.24, 2.45) is 16.8 Å². The van der Waals surface area contributed by atoms with Crippen molar-refractivity contribution in [3.05, 3.63) is 49.1 Å². The molecule has 1 aromatic carbocycles. The predicted octanol–water partition coefficient (Wildman–Crippen LogP) is -3.06. The van der Waals surface area contributed by atoms with Crippen LogP contribution in [-0.2, 0) is 19.7 Å². The smallest absolute Gasteiger partial charge is 0.327 e. The first-order valence-corrected chi connectivity index (χ1v) is 13.6. The maximum atomic E-state index is 14.2. The summed E-state index contributed by atoms with van der Waals surface area (Å²) in [7, 11) is 0. The van der Waals surface area contributed by atoms with Gasteiger partial charge in [0.15, 0.2) is 11.8 Å². The number of aliphatic imine (C=N–C) groups is 1. The van der Waals surface area contributed by atoms with Gasteiger partial charge in [-0.25, -0.2) is 9.79 Å². The summed E-state index contributed by atoms with van der Waals surface area (Å²) in [6, 6.07) is 4.65. The second-order valence-corrected chi connectivity index (χ2v) is 11.9. The molecule has 17 heteroatoms. The van der Waals surface area contributed by atoms with Crippen LogP contribution in [0.1, 0.15) is 12.5 Å². The average Bonchev–Trinajstić information content (AvgIpc) is 3.20. The van der Waals surface area contributed by atoms with Gasteiger partial charge < -0.3 is 46.0 Å². The quantitative estimate of drug-likeness (QED) is 0.145. The molecule has 42 heavy (non-hydrogen) atoms. The first kappa shape index (κ1) is 28.7. The van der Waals surface area contributed by atoms with E-state index in [1.54, 1.807) is 12.1 Å². The lowest BCUT2D eigenvalue weighted by atomic mass is 9.65. The summed E-state index contributed by atoms with van der Waals surface area (Å²) < 4.78 is 6.06. The Balaban J connectivity index is 1.54. The molecule has 1 spiro atoms. The third kappa shape index (κ3) is 3.71. The number of amides is 1. The van der Waals surface area contributed by atoms with Crippen LogP contribution in [0.3, 0.4) is 0 Å². The molecule has 2 unspecified atom stereocenters. The number of aromatic nitrogens is 2. The van der Waals surface area contributed by atoms with Crippen LogP contribution in [0.25, 0.3) is 0 Å². The van der Waals surface area contributed by atoms with Crippen LogP contribution in [0.4, 0.5) is 17.2 Å². The van der Waals surface area contributed by atoms with Gasteiger partial charge in [-0.05, 0) is 24.6 Å². The first-order valence-electron chi connectivity index (χ1n) is 12.9. The SMILES string of the molecule is C[C@@]1(O)C2=Nc3c([nH]c(=O)[nH]c3=O)NC[C@@H]2[C@@H](C(=O)OC2[C@@H](O)[C@@H](O)C(O)[C@H](O)[C@H]2O)[C@@]12C(=O)Nc1cc(Br)ccc12. The van der Waals surface area contributed by atoms with Gasteiger partial charge in [0, 0.05) is 22.6 Å². The van der Waals surface area contributed by atoms with Crippen LogP contribution < -0.4 is 21.9 Å². The standard InChI is InChI=1S/C25H26BrN5O11/c1-24(41)18-7(5-27-19-11(29-18)20(37)31-23(40)30-19)10(25(24)8-3-2-6(26)4-9(8)28-22(25)39)21(38)42-17-15(35)13(33)12(32)14(34)16(17)36/h2-4,7,10,12-17,32-36,41H,5H2,1H3,(H,28,39)(H3,27,30,31,37,40)/t7-,10+,12?,13+,14+,15-,16+,17?,24-,25+/m1/s1. The molecule has 6 rings (SSSR count). The fourth-order valence-electron chi connectivity index (χ4n) is 6.76. The number of aromatic amines is 2. The Hall–Kier alpha value is -3.45. The highest BCUT2D eigenvalue weighted by atomic mass is 79.9. The number of H-pyrrole nitrogens is 2. The zero-order valence-electron chi connectivity index (χ0n) is 21.6. The number of hydrogen-bond acceptors (Lipinski definition) is 13. The molecular formula is C25H26BrN5O11. The highest BCUT2D eigenvalue weighted by Crippen LogP contribution is 2.60. The van der Waals surface area contributed by atoms with Crippen LogP contribution in [0.15, 0.2) is 37.3 Å². The van der Waals surface area contributed by atoms with Crippen LogP contribution in [0.2, 0.25) is 0 Å². The Morgan fingerprint density at radius 2 is 1.67 bits per heavy atom. The summed E-state index contributed by atoms with van der Waals surface area (Å²) in [5.41, 5.74) is -6.17. The number of benzene rings is 1. The summed E-state index contributed by atoms with van der Waals surface area (Å²) in [5, 5.41) is 69.1. The molecule has 3 heterocycles. The minimum absolute atomic E-state index is 0.0961.